The number of anilines is 2. The summed E-state index contributed by atoms with van der Waals surface area (Å²) in [6.07, 6.45) is 1.50. The Morgan fingerprint density at radius 1 is 0.949 bits per heavy atom. The van der Waals surface area contributed by atoms with Crippen LogP contribution in [0.2, 0.25) is 0 Å². The zero-order valence-electron chi connectivity index (χ0n) is 20.8. The predicted molar refractivity (Wildman–Crippen MR) is 142 cm³/mol. The van der Waals surface area contributed by atoms with E-state index in [0.29, 0.717) is 20.8 Å². The van der Waals surface area contributed by atoms with Crippen LogP contribution >= 0.6 is 11.3 Å². The molecule has 0 aliphatic carbocycles. The molecule has 4 N–H and O–H groups in total. The first-order valence-electron chi connectivity index (χ1n) is 11.6. The predicted octanol–water partition coefficient (Wildman–Crippen LogP) is 5.12. The van der Waals surface area contributed by atoms with Crippen molar-refractivity contribution in [1.82, 2.24) is 15.8 Å². The number of halogens is 2. The second kappa shape index (κ2) is 12.3. The molecule has 0 aliphatic rings. The van der Waals surface area contributed by atoms with Gasteiger partial charge in [-0.3, -0.25) is 14.6 Å². The van der Waals surface area contributed by atoms with Gasteiger partial charge in [0, 0.05) is 38.3 Å². The first-order chi connectivity index (χ1) is 18.7. The van der Waals surface area contributed by atoms with Crippen LogP contribution < -0.4 is 26.2 Å². The van der Waals surface area contributed by atoms with Gasteiger partial charge in [0.2, 0.25) is 0 Å². The van der Waals surface area contributed by atoms with E-state index < -0.39 is 23.6 Å². The molecular weight excluding hydrogens is 532 g/mol. The fourth-order valence-electron chi connectivity index (χ4n) is 3.37. The van der Waals surface area contributed by atoms with E-state index in [9.17, 15) is 23.2 Å². The number of ether oxygens (including phenoxy) is 1. The number of hydrogen-bond donors (Lipinski definition) is 4. The molecule has 0 saturated carbocycles. The van der Waals surface area contributed by atoms with E-state index in [1.165, 1.54) is 37.4 Å². The monoisotopic (exact) mass is 555 g/mol. The van der Waals surface area contributed by atoms with Gasteiger partial charge >= 0.3 is 12.0 Å². The summed E-state index contributed by atoms with van der Waals surface area (Å²) in [4.78, 5) is 44.7. The third kappa shape index (κ3) is 7.24. The van der Waals surface area contributed by atoms with Gasteiger partial charge in [-0.2, -0.15) is 5.48 Å². The number of thiophene rings is 1. The molecule has 39 heavy (non-hydrogen) atoms. The van der Waals surface area contributed by atoms with Crippen LogP contribution in [0, 0.1) is 18.6 Å². The van der Waals surface area contributed by atoms with Crippen molar-refractivity contribution in [1.29, 1.82) is 0 Å². The standard InChI is InChI=1S/C26H23F2N5O5S/c1-14-3-5-17(27)20(11-14)33-26(36)32-19-6-4-16(12-18(19)28)37-22-7-8-29-21-13-23(39-24(21)22)25(35)30-9-10-31-38-15(2)34/h3-8,11-13,31H,9-10H2,1-2H3,(H,30,35)(H2,32,33,36). The molecule has 0 saturated heterocycles. The van der Waals surface area contributed by atoms with Crippen molar-refractivity contribution in [3.63, 3.8) is 0 Å². The van der Waals surface area contributed by atoms with Crippen LogP contribution in [-0.4, -0.2) is 36.0 Å². The van der Waals surface area contributed by atoms with Crippen LogP contribution in [0.25, 0.3) is 10.2 Å². The van der Waals surface area contributed by atoms with E-state index in [4.69, 9.17) is 4.74 Å². The molecule has 0 unspecified atom stereocenters. The SMILES string of the molecule is CC(=O)ONCCNC(=O)c1cc2nccc(Oc3ccc(NC(=O)Nc4cc(C)ccc4F)c(F)c3)c2s1. The number of aromatic nitrogens is 1. The van der Waals surface area contributed by atoms with Gasteiger partial charge in [-0.05, 0) is 42.8 Å². The number of carbonyl (C=O) groups is 3. The van der Waals surface area contributed by atoms with Crippen LogP contribution in [0.4, 0.5) is 25.0 Å². The molecule has 4 rings (SSSR count). The molecule has 0 bridgehead atoms. The molecule has 2 aromatic heterocycles. The average molecular weight is 556 g/mol. The minimum absolute atomic E-state index is 0.0303. The summed E-state index contributed by atoms with van der Waals surface area (Å²) in [7, 11) is 0. The summed E-state index contributed by atoms with van der Waals surface area (Å²) in [6.45, 7) is 3.44. The number of pyridine rings is 1. The lowest BCUT2D eigenvalue weighted by Crippen LogP contribution is -2.32. The minimum atomic E-state index is -0.811. The fraction of sp³-hybridized carbons (Fsp3) is 0.154. The summed E-state index contributed by atoms with van der Waals surface area (Å²) in [5.41, 5.74) is 3.52. The first kappa shape index (κ1) is 27.4. The molecule has 2 aromatic carbocycles. The highest BCUT2D eigenvalue weighted by atomic mass is 32.1. The third-order valence-electron chi connectivity index (χ3n) is 5.11. The van der Waals surface area contributed by atoms with Crippen molar-refractivity contribution < 1.29 is 32.7 Å². The van der Waals surface area contributed by atoms with E-state index in [-0.39, 0.29) is 36.1 Å². The Morgan fingerprint density at radius 3 is 2.51 bits per heavy atom. The van der Waals surface area contributed by atoms with Gasteiger partial charge in [0.15, 0.2) is 0 Å². The lowest BCUT2D eigenvalue weighted by Gasteiger charge is -2.11. The summed E-state index contributed by atoms with van der Waals surface area (Å²) in [5, 5.41) is 7.39. The number of amides is 3. The van der Waals surface area contributed by atoms with Gasteiger partial charge in [-0.25, -0.2) is 13.6 Å². The Kier molecular flexibility index (Phi) is 8.63. The van der Waals surface area contributed by atoms with E-state index in [0.717, 1.165) is 23.0 Å². The number of hydrogen-bond acceptors (Lipinski definition) is 8. The van der Waals surface area contributed by atoms with Gasteiger partial charge in [-0.15, -0.1) is 11.3 Å². The Morgan fingerprint density at radius 2 is 1.74 bits per heavy atom. The number of rotatable bonds is 9. The van der Waals surface area contributed by atoms with Crippen molar-refractivity contribution in [3.05, 3.63) is 76.8 Å². The molecule has 0 spiro atoms. The highest BCUT2D eigenvalue weighted by Crippen LogP contribution is 2.35. The zero-order chi connectivity index (χ0) is 27.9. The molecule has 0 radical (unpaired) electrons. The maximum Gasteiger partial charge on any atom is 0.323 e. The molecule has 0 aliphatic heterocycles. The van der Waals surface area contributed by atoms with E-state index in [1.54, 1.807) is 25.1 Å². The minimum Gasteiger partial charge on any atom is -0.456 e. The molecule has 202 valence electrons. The van der Waals surface area contributed by atoms with Crippen molar-refractivity contribution in [2.24, 2.45) is 0 Å². The maximum atomic E-state index is 14.7. The number of nitrogens with one attached hydrogen (secondary N) is 4. The Hall–Kier alpha value is -4.62. The normalized spacial score (nSPS) is 10.7. The second-order valence-electron chi connectivity index (χ2n) is 8.18. The van der Waals surface area contributed by atoms with Crippen LogP contribution in [-0.2, 0) is 9.63 Å². The van der Waals surface area contributed by atoms with Crippen molar-refractivity contribution in [2.45, 2.75) is 13.8 Å². The molecule has 4 aromatic rings. The Balaban J connectivity index is 1.40. The van der Waals surface area contributed by atoms with Crippen LogP contribution in [0.15, 0.2) is 54.7 Å². The number of fused-ring (bicyclic) bond motifs is 1. The van der Waals surface area contributed by atoms with Crippen LogP contribution in [0.3, 0.4) is 0 Å². The lowest BCUT2D eigenvalue weighted by atomic mass is 10.2. The van der Waals surface area contributed by atoms with E-state index in [2.05, 4.69) is 31.3 Å². The molecule has 0 fully saturated rings. The van der Waals surface area contributed by atoms with E-state index >= 15 is 0 Å². The smallest absolute Gasteiger partial charge is 0.323 e. The number of nitrogens with zero attached hydrogens (tertiary/aromatic N) is 1. The van der Waals surface area contributed by atoms with Gasteiger partial charge < -0.3 is 25.5 Å². The molecule has 0 atom stereocenters. The topological polar surface area (TPSA) is 131 Å². The molecule has 13 heteroatoms. The van der Waals surface area contributed by atoms with Crippen molar-refractivity contribution in [3.8, 4) is 11.5 Å². The maximum absolute atomic E-state index is 14.7. The summed E-state index contributed by atoms with van der Waals surface area (Å²) in [6, 6.07) is 10.5. The number of aryl methyl sites for hydroxylation is 1. The molecule has 10 nitrogen and oxygen atoms in total. The third-order valence-corrected chi connectivity index (χ3v) is 6.25. The fourth-order valence-corrected chi connectivity index (χ4v) is 4.35. The van der Waals surface area contributed by atoms with E-state index in [1.807, 2.05) is 0 Å². The largest absolute Gasteiger partial charge is 0.456 e. The first-order valence-corrected chi connectivity index (χ1v) is 12.4. The Labute approximate surface area is 225 Å². The van der Waals surface area contributed by atoms with Crippen LogP contribution in [0.5, 0.6) is 11.5 Å². The highest BCUT2D eigenvalue weighted by molar-refractivity contribution is 7.21. The summed E-state index contributed by atoms with van der Waals surface area (Å²) < 4.78 is 35.1. The quantitative estimate of drug-likeness (QED) is 0.167. The molecule has 2 heterocycles. The average Bonchev–Trinajstić information content (AvgIpc) is 3.33. The molecule has 3 amide bonds. The number of urea groups is 1. The summed E-state index contributed by atoms with van der Waals surface area (Å²) in [5.74, 6) is -1.73. The van der Waals surface area contributed by atoms with Crippen LogP contribution in [0.1, 0.15) is 22.2 Å². The van der Waals surface area contributed by atoms with Gasteiger partial charge in [0.1, 0.15) is 23.1 Å². The zero-order valence-corrected chi connectivity index (χ0v) is 21.6. The van der Waals surface area contributed by atoms with Crippen molar-refractivity contribution in [2.75, 3.05) is 23.7 Å². The lowest BCUT2D eigenvalue weighted by molar-refractivity contribution is -0.148. The van der Waals surface area contributed by atoms with Crippen molar-refractivity contribution >= 4 is 50.8 Å². The number of benzene rings is 2. The number of hydroxylamine groups is 1. The van der Waals surface area contributed by atoms with Gasteiger partial charge in [0.05, 0.1) is 26.5 Å². The second-order valence-corrected chi connectivity index (χ2v) is 9.24. The Bertz CT molecular complexity index is 1540. The highest BCUT2D eigenvalue weighted by Gasteiger charge is 2.16. The number of carbonyl (C=O) groups excluding carboxylic acids is 3. The van der Waals surface area contributed by atoms with Gasteiger partial charge in [-0.1, -0.05) is 6.07 Å². The van der Waals surface area contributed by atoms with Gasteiger partial charge in [0.25, 0.3) is 5.91 Å². The molecular formula is C26H23F2N5O5S. The summed E-state index contributed by atoms with van der Waals surface area (Å²) >= 11 is 1.14.